The Morgan fingerprint density at radius 1 is 1.42 bits per heavy atom. The van der Waals surface area contributed by atoms with Crippen molar-refractivity contribution in [3.63, 3.8) is 0 Å². The van der Waals surface area contributed by atoms with Gasteiger partial charge in [0.05, 0.1) is 19.6 Å². The average Bonchev–Trinajstić information content (AvgIpc) is 2.63. The lowest BCUT2D eigenvalue weighted by Gasteiger charge is -2.34. The average molecular weight is 367 g/mol. The molecule has 1 unspecified atom stereocenters. The van der Waals surface area contributed by atoms with E-state index in [1.54, 1.807) is 19.2 Å². The van der Waals surface area contributed by atoms with Crippen molar-refractivity contribution >= 4 is 11.8 Å². The van der Waals surface area contributed by atoms with Gasteiger partial charge in [0.25, 0.3) is 0 Å². The molecule has 1 aromatic carbocycles. The predicted octanol–water partition coefficient (Wildman–Crippen LogP) is 0.678. The van der Waals surface area contributed by atoms with Gasteiger partial charge in [0, 0.05) is 51.5 Å². The Morgan fingerprint density at radius 2 is 2.23 bits per heavy atom. The van der Waals surface area contributed by atoms with Crippen molar-refractivity contribution in [2.24, 2.45) is 0 Å². The zero-order chi connectivity index (χ0) is 18.9. The molecule has 2 rings (SSSR count). The van der Waals surface area contributed by atoms with E-state index < -0.39 is 11.9 Å². The summed E-state index contributed by atoms with van der Waals surface area (Å²) in [4.78, 5) is 26.2. The number of benzene rings is 1. The maximum atomic E-state index is 14.2. The van der Waals surface area contributed by atoms with Crippen LogP contribution in [0.1, 0.15) is 18.4 Å². The molecule has 1 heterocycles. The predicted molar refractivity (Wildman–Crippen MR) is 94.3 cm³/mol. The Hall–Kier alpha value is -2.19. The van der Waals surface area contributed by atoms with E-state index in [0.29, 0.717) is 44.0 Å². The number of halogens is 1. The van der Waals surface area contributed by atoms with Gasteiger partial charge in [-0.2, -0.15) is 0 Å². The first-order valence-corrected chi connectivity index (χ1v) is 8.65. The highest BCUT2D eigenvalue weighted by atomic mass is 19.1. The van der Waals surface area contributed by atoms with Crippen LogP contribution in [-0.2, 0) is 20.9 Å². The molecule has 1 aromatic rings. The first-order chi connectivity index (χ1) is 12.5. The van der Waals surface area contributed by atoms with Gasteiger partial charge in [0.2, 0.25) is 11.8 Å². The van der Waals surface area contributed by atoms with Crippen LogP contribution in [0.3, 0.4) is 0 Å². The van der Waals surface area contributed by atoms with Crippen LogP contribution < -0.4 is 15.4 Å². The molecule has 0 bridgehead atoms. The maximum Gasteiger partial charge on any atom is 0.237 e. The number of ether oxygens (including phenoxy) is 2. The molecule has 0 aromatic heterocycles. The Kier molecular flexibility index (Phi) is 7.80. The Morgan fingerprint density at radius 3 is 2.92 bits per heavy atom. The van der Waals surface area contributed by atoms with Gasteiger partial charge in [0.15, 0.2) is 0 Å². The summed E-state index contributed by atoms with van der Waals surface area (Å²) in [6.07, 6.45) is 0.746. The second-order valence-electron chi connectivity index (χ2n) is 6.14. The topological polar surface area (TPSA) is 79.9 Å². The fourth-order valence-electron chi connectivity index (χ4n) is 2.87. The van der Waals surface area contributed by atoms with Crippen molar-refractivity contribution in [3.8, 4) is 5.75 Å². The van der Waals surface area contributed by atoms with Gasteiger partial charge in [0.1, 0.15) is 11.6 Å². The third-order valence-corrected chi connectivity index (χ3v) is 4.30. The first kappa shape index (κ1) is 20.1. The van der Waals surface area contributed by atoms with Crippen LogP contribution in [-0.4, -0.2) is 63.2 Å². The summed E-state index contributed by atoms with van der Waals surface area (Å²) in [5, 5.41) is 5.55. The summed E-state index contributed by atoms with van der Waals surface area (Å²) in [5.41, 5.74) is 0.464. The number of hydrogen-bond acceptors (Lipinski definition) is 5. The van der Waals surface area contributed by atoms with Gasteiger partial charge in [-0.1, -0.05) is 6.07 Å². The standard InChI is InChI=1S/C18H26FN3O4/c1-25-9-3-6-20-17(23)11-16-18(24)21-7-8-22(16)12-13-4-5-14(26-2)10-15(13)19/h4-5,10,16H,3,6-9,11-12H2,1-2H3,(H,20,23)(H,21,24). The molecule has 26 heavy (non-hydrogen) atoms. The number of hydrogen-bond donors (Lipinski definition) is 2. The highest BCUT2D eigenvalue weighted by molar-refractivity contribution is 5.88. The monoisotopic (exact) mass is 367 g/mol. The molecule has 0 spiro atoms. The minimum absolute atomic E-state index is 0.0383. The minimum Gasteiger partial charge on any atom is -0.497 e. The molecule has 1 saturated heterocycles. The molecule has 0 radical (unpaired) electrons. The third kappa shape index (κ3) is 5.67. The van der Waals surface area contributed by atoms with Crippen molar-refractivity contribution in [2.45, 2.75) is 25.4 Å². The maximum absolute atomic E-state index is 14.2. The van der Waals surface area contributed by atoms with Gasteiger partial charge in [-0.05, 0) is 12.5 Å². The fraction of sp³-hybridized carbons (Fsp3) is 0.556. The van der Waals surface area contributed by atoms with Crippen molar-refractivity contribution in [1.82, 2.24) is 15.5 Å². The molecule has 144 valence electrons. The van der Waals surface area contributed by atoms with Crippen molar-refractivity contribution in [1.29, 1.82) is 0 Å². The molecule has 1 fully saturated rings. The molecule has 2 N–H and O–H groups in total. The molecule has 1 aliphatic heterocycles. The van der Waals surface area contributed by atoms with E-state index in [-0.39, 0.29) is 24.8 Å². The van der Waals surface area contributed by atoms with Gasteiger partial charge >= 0.3 is 0 Å². The van der Waals surface area contributed by atoms with Crippen LogP contribution in [0, 0.1) is 5.82 Å². The Balaban J connectivity index is 1.98. The number of carbonyl (C=O) groups is 2. The summed E-state index contributed by atoms with van der Waals surface area (Å²) in [5.74, 6) is -0.367. The van der Waals surface area contributed by atoms with Gasteiger partial charge in [-0.15, -0.1) is 0 Å². The summed E-state index contributed by atoms with van der Waals surface area (Å²) in [6, 6.07) is 4.02. The number of methoxy groups -OCH3 is 2. The smallest absolute Gasteiger partial charge is 0.237 e. The third-order valence-electron chi connectivity index (χ3n) is 4.30. The molecule has 0 saturated carbocycles. The summed E-state index contributed by atoms with van der Waals surface area (Å²) >= 11 is 0. The second kappa shape index (κ2) is 10.1. The number of rotatable bonds is 9. The van der Waals surface area contributed by atoms with E-state index in [2.05, 4.69) is 10.6 Å². The molecule has 0 aliphatic carbocycles. The second-order valence-corrected chi connectivity index (χ2v) is 6.14. The number of carbonyl (C=O) groups excluding carboxylic acids is 2. The summed E-state index contributed by atoms with van der Waals surface area (Å²) in [7, 11) is 3.08. The number of amides is 2. The van der Waals surface area contributed by atoms with E-state index in [4.69, 9.17) is 9.47 Å². The molecule has 1 aliphatic rings. The molecule has 2 amide bonds. The van der Waals surface area contributed by atoms with Crippen LogP contribution >= 0.6 is 0 Å². The lowest BCUT2D eigenvalue weighted by molar-refractivity contribution is -0.134. The van der Waals surface area contributed by atoms with Crippen LogP contribution in [0.2, 0.25) is 0 Å². The summed E-state index contributed by atoms with van der Waals surface area (Å²) < 4.78 is 24.2. The van der Waals surface area contributed by atoms with E-state index >= 15 is 0 Å². The highest BCUT2D eigenvalue weighted by Gasteiger charge is 2.31. The lowest BCUT2D eigenvalue weighted by Crippen LogP contribution is -2.56. The van der Waals surface area contributed by atoms with Crippen molar-refractivity contribution in [2.75, 3.05) is 40.5 Å². The highest BCUT2D eigenvalue weighted by Crippen LogP contribution is 2.20. The largest absolute Gasteiger partial charge is 0.497 e. The molecule has 8 heteroatoms. The number of nitrogens with zero attached hydrogens (tertiary/aromatic N) is 1. The van der Waals surface area contributed by atoms with Crippen LogP contribution in [0.5, 0.6) is 5.75 Å². The normalized spacial score (nSPS) is 17.7. The van der Waals surface area contributed by atoms with E-state index in [0.717, 1.165) is 0 Å². The van der Waals surface area contributed by atoms with Crippen LogP contribution in [0.15, 0.2) is 18.2 Å². The number of piperazine rings is 1. The van der Waals surface area contributed by atoms with Crippen LogP contribution in [0.25, 0.3) is 0 Å². The SMILES string of the molecule is COCCCNC(=O)CC1C(=O)NCCN1Cc1ccc(OC)cc1F. The zero-order valence-corrected chi connectivity index (χ0v) is 15.2. The number of nitrogens with one attached hydrogen (secondary N) is 2. The van der Waals surface area contributed by atoms with Gasteiger partial charge in [-0.25, -0.2) is 4.39 Å². The van der Waals surface area contributed by atoms with E-state index in [1.807, 2.05) is 4.90 Å². The Labute approximate surface area is 152 Å². The summed E-state index contributed by atoms with van der Waals surface area (Å²) in [6.45, 7) is 2.34. The van der Waals surface area contributed by atoms with Crippen molar-refractivity contribution < 1.29 is 23.5 Å². The quantitative estimate of drug-likeness (QED) is 0.628. The minimum atomic E-state index is -0.618. The molecular formula is C18H26FN3O4. The lowest BCUT2D eigenvalue weighted by atomic mass is 10.1. The molecular weight excluding hydrogens is 341 g/mol. The van der Waals surface area contributed by atoms with Gasteiger partial charge in [-0.3, -0.25) is 14.5 Å². The van der Waals surface area contributed by atoms with Crippen LogP contribution in [0.4, 0.5) is 4.39 Å². The molecule has 7 nitrogen and oxygen atoms in total. The van der Waals surface area contributed by atoms with E-state index in [1.165, 1.54) is 13.2 Å². The van der Waals surface area contributed by atoms with E-state index in [9.17, 15) is 14.0 Å². The first-order valence-electron chi connectivity index (χ1n) is 8.65. The zero-order valence-electron chi connectivity index (χ0n) is 15.2. The fourth-order valence-corrected chi connectivity index (χ4v) is 2.87. The molecule has 1 atom stereocenters. The van der Waals surface area contributed by atoms with Crippen molar-refractivity contribution in [3.05, 3.63) is 29.6 Å². The van der Waals surface area contributed by atoms with Gasteiger partial charge < -0.3 is 20.1 Å². The Bertz CT molecular complexity index is 626.